The van der Waals surface area contributed by atoms with Crippen molar-refractivity contribution in [2.75, 3.05) is 33.0 Å². The third-order valence-corrected chi connectivity index (χ3v) is 1.59. The number of unbranched alkanes of at least 4 members (excludes halogenated alkanes) is 1. The Morgan fingerprint density at radius 1 is 1.15 bits per heavy atom. The van der Waals surface area contributed by atoms with E-state index in [1.807, 2.05) is 0 Å². The van der Waals surface area contributed by atoms with Gasteiger partial charge >= 0.3 is 12.1 Å². The van der Waals surface area contributed by atoms with E-state index in [4.69, 9.17) is 29.8 Å². The second-order valence-electron chi connectivity index (χ2n) is 3.33. The average molecular weight is 307 g/mol. The highest BCUT2D eigenvalue weighted by molar-refractivity contribution is 5.73. The van der Waals surface area contributed by atoms with Crippen LogP contribution in [0.3, 0.4) is 0 Å². The van der Waals surface area contributed by atoms with Gasteiger partial charge < -0.3 is 15.3 Å². The first-order chi connectivity index (χ1) is 9.29. The predicted molar refractivity (Wildman–Crippen MR) is 61.4 cm³/mol. The number of hydrogen-bond acceptors (Lipinski definition) is 6. The highest BCUT2D eigenvalue weighted by Crippen LogP contribution is 2.13. The molecule has 0 unspecified atom stereocenters. The lowest BCUT2D eigenvalue weighted by Crippen LogP contribution is -2.28. The number of carboxylic acids is 1. The van der Waals surface area contributed by atoms with E-state index in [1.54, 1.807) is 0 Å². The molecular weight excluding hydrogens is 287 g/mol. The van der Waals surface area contributed by atoms with Crippen LogP contribution in [0.25, 0.3) is 0 Å². The largest absolute Gasteiger partial charge is 0.490 e. The van der Waals surface area contributed by atoms with E-state index in [2.05, 4.69) is 6.92 Å². The van der Waals surface area contributed by atoms with Gasteiger partial charge in [-0.25, -0.2) is 4.79 Å². The molecule has 3 N–H and O–H groups in total. The quantitative estimate of drug-likeness (QED) is 0.535. The molecule has 20 heavy (non-hydrogen) atoms. The molecule has 0 bridgehead atoms. The van der Waals surface area contributed by atoms with Crippen LogP contribution in [-0.4, -0.2) is 65.7 Å². The molecule has 0 aromatic rings. The molecule has 0 aliphatic rings. The summed E-state index contributed by atoms with van der Waals surface area (Å²) in [6, 6.07) is 0. The van der Waals surface area contributed by atoms with Gasteiger partial charge in [0.15, 0.2) is 0 Å². The molecule has 0 aromatic carbocycles. The summed E-state index contributed by atoms with van der Waals surface area (Å²) in [5.41, 5.74) is 0. The second-order valence-corrected chi connectivity index (χ2v) is 3.33. The van der Waals surface area contributed by atoms with E-state index in [1.165, 1.54) is 5.23 Å². The number of alkyl halides is 3. The molecule has 0 amide bonds. The zero-order valence-electron chi connectivity index (χ0n) is 11.1. The molecule has 10 heteroatoms. The van der Waals surface area contributed by atoms with Gasteiger partial charge in [-0.3, -0.25) is 9.68 Å². The zero-order chi connectivity index (χ0) is 16.0. The third kappa shape index (κ3) is 15.1. The molecule has 122 valence electrons. The van der Waals surface area contributed by atoms with Gasteiger partial charge in [0.05, 0.1) is 33.0 Å². The van der Waals surface area contributed by atoms with Crippen molar-refractivity contribution in [2.24, 2.45) is 0 Å². The Hall–Kier alpha value is -0.940. The van der Waals surface area contributed by atoms with Crippen molar-refractivity contribution in [3.63, 3.8) is 0 Å². The molecule has 0 aliphatic carbocycles. The monoisotopic (exact) mass is 307 g/mol. The number of hydrogen-bond donors (Lipinski definition) is 3. The average Bonchev–Trinajstić information content (AvgIpc) is 2.37. The summed E-state index contributed by atoms with van der Waals surface area (Å²) in [5.74, 6) is -2.76. The first kappa shape index (κ1) is 21.4. The summed E-state index contributed by atoms with van der Waals surface area (Å²) >= 11 is 0. The molecule has 0 rings (SSSR count). The number of carbonyl (C=O) groups is 1. The SMILES string of the molecule is CCCCN(OCCO)OCCO.O=C(O)C(F)(F)F. The van der Waals surface area contributed by atoms with Gasteiger partial charge in [-0.05, 0) is 6.42 Å². The van der Waals surface area contributed by atoms with Crippen LogP contribution in [0, 0.1) is 0 Å². The number of halogens is 3. The predicted octanol–water partition coefficient (Wildman–Crippen LogP) is 0.570. The maximum Gasteiger partial charge on any atom is 0.490 e. The normalized spacial score (nSPS) is 11.2. The fourth-order valence-corrected chi connectivity index (χ4v) is 0.739. The topological polar surface area (TPSA) is 99.5 Å². The Kier molecular flexibility index (Phi) is 14.0. The number of aliphatic hydroxyl groups excluding tert-OH is 2. The Morgan fingerprint density at radius 3 is 1.80 bits per heavy atom. The number of rotatable bonds is 9. The summed E-state index contributed by atoms with van der Waals surface area (Å²) in [7, 11) is 0. The van der Waals surface area contributed by atoms with E-state index in [0.717, 1.165) is 12.8 Å². The van der Waals surface area contributed by atoms with Crippen LogP contribution in [0.15, 0.2) is 0 Å². The Bertz CT molecular complexity index is 221. The second kappa shape index (κ2) is 13.1. The fraction of sp³-hybridized carbons (Fsp3) is 0.900. The lowest BCUT2D eigenvalue weighted by molar-refractivity contribution is -0.371. The standard InChI is InChI=1S/C8H19NO4.C2HF3O2/c1-2-3-4-9(12-7-5-10)13-8-6-11;3-2(4,5)1(6)7/h10-11H,2-8H2,1H3;(H,6,7). The Labute approximate surface area is 114 Å². The van der Waals surface area contributed by atoms with Crippen LogP contribution in [-0.2, 0) is 14.5 Å². The van der Waals surface area contributed by atoms with Crippen molar-refractivity contribution in [2.45, 2.75) is 25.9 Å². The number of nitrogens with zero attached hydrogens (tertiary/aromatic N) is 1. The number of aliphatic carboxylic acids is 1. The lowest BCUT2D eigenvalue weighted by atomic mass is 10.3. The first-order valence-electron chi connectivity index (χ1n) is 5.84. The van der Waals surface area contributed by atoms with Crippen LogP contribution in [0.5, 0.6) is 0 Å². The van der Waals surface area contributed by atoms with Gasteiger partial charge in [0.25, 0.3) is 0 Å². The van der Waals surface area contributed by atoms with E-state index < -0.39 is 12.1 Å². The van der Waals surface area contributed by atoms with E-state index in [9.17, 15) is 13.2 Å². The van der Waals surface area contributed by atoms with Gasteiger partial charge in [0.2, 0.25) is 0 Å². The minimum Gasteiger partial charge on any atom is -0.475 e. The first-order valence-corrected chi connectivity index (χ1v) is 5.84. The number of hydroxylamine groups is 2. The summed E-state index contributed by atoms with van der Waals surface area (Å²) in [6.07, 6.45) is -3.08. The summed E-state index contributed by atoms with van der Waals surface area (Å²) in [5, 5.41) is 25.5. The lowest BCUT2D eigenvalue weighted by Gasteiger charge is -2.19. The summed E-state index contributed by atoms with van der Waals surface area (Å²) in [4.78, 5) is 19.0. The Morgan fingerprint density at radius 2 is 1.55 bits per heavy atom. The van der Waals surface area contributed by atoms with Gasteiger partial charge in [-0.2, -0.15) is 13.2 Å². The van der Waals surface area contributed by atoms with Crippen LogP contribution >= 0.6 is 0 Å². The minimum atomic E-state index is -5.08. The highest BCUT2D eigenvalue weighted by Gasteiger charge is 2.38. The van der Waals surface area contributed by atoms with E-state index in [-0.39, 0.29) is 26.4 Å². The molecule has 0 spiro atoms. The molecule has 7 nitrogen and oxygen atoms in total. The molecular formula is C10H20F3NO6. The van der Waals surface area contributed by atoms with Crippen molar-refractivity contribution >= 4 is 5.97 Å². The fourth-order valence-electron chi connectivity index (χ4n) is 0.739. The molecule has 0 aromatic heterocycles. The smallest absolute Gasteiger partial charge is 0.475 e. The molecule has 0 atom stereocenters. The number of carboxylic acid groups (broad SMARTS) is 1. The van der Waals surface area contributed by atoms with Crippen LogP contribution in [0.2, 0.25) is 0 Å². The summed E-state index contributed by atoms with van der Waals surface area (Å²) in [6.45, 7) is 3.08. The molecule has 0 radical (unpaired) electrons. The highest BCUT2D eigenvalue weighted by atomic mass is 19.4. The molecule has 0 saturated heterocycles. The van der Waals surface area contributed by atoms with E-state index >= 15 is 0 Å². The zero-order valence-corrected chi connectivity index (χ0v) is 11.1. The van der Waals surface area contributed by atoms with Crippen molar-refractivity contribution in [1.82, 2.24) is 5.23 Å². The molecule has 0 heterocycles. The maximum absolute atomic E-state index is 10.6. The van der Waals surface area contributed by atoms with Crippen molar-refractivity contribution in [1.29, 1.82) is 0 Å². The van der Waals surface area contributed by atoms with Gasteiger partial charge in [0, 0.05) is 0 Å². The summed E-state index contributed by atoms with van der Waals surface area (Å²) < 4.78 is 31.7. The minimum absolute atomic E-state index is 0.0366. The van der Waals surface area contributed by atoms with Crippen LogP contribution in [0.4, 0.5) is 13.2 Å². The third-order valence-electron chi connectivity index (χ3n) is 1.59. The van der Waals surface area contributed by atoms with Gasteiger partial charge in [-0.15, -0.1) is 0 Å². The maximum atomic E-state index is 10.6. The van der Waals surface area contributed by atoms with Crippen molar-refractivity contribution in [3.8, 4) is 0 Å². The van der Waals surface area contributed by atoms with Crippen molar-refractivity contribution < 1.29 is 43.0 Å². The van der Waals surface area contributed by atoms with Gasteiger partial charge in [-0.1, -0.05) is 18.6 Å². The van der Waals surface area contributed by atoms with Crippen LogP contribution in [0.1, 0.15) is 19.8 Å². The molecule has 0 saturated carbocycles. The van der Waals surface area contributed by atoms with E-state index in [0.29, 0.717) is 6.54 Å². The van der Waals surface area contributed by atoms with Crippen LogP contribution < -0.4 is 0 Å². The van der Waals surface area contributed by atoms with Crippen molar-refractivity contribution in [3.05, 3.63) is 0 Å². The molecule has 0 fully saturated rings. The Balaban J connectivity index is 0. The van der Waals surface area contributed by atoms with Gasteiger partial charge in [0.1, 0.15) is 0 Å². The molecule has 0 aliphatic heterocycles. The number of aliphatic hydroxyl groups is 2.